The van der Waals surface area contributed by atoms with Crippen molar-refractivity contribution < 1.29 is 14.4 Å². The van der Waals surface area contributed by atoms with Crippen LogP contribution in [0.5, 0.6) is 0 Å². The fourth-order valence-electron chi connectivity index (χ4n) is 3.83. The lowest BCUT2D eigenvalue weighted by molar-refractivity contribution is 0.0549. The molecule has 3 amide bonds. The third-order valence-corrected chi connectivity index (χ3v) is 5.44. The molecule has 1 aromatic carbocycles. The first-order valence-electron chi connectivity index (χ1n) is 9.39. The molecule has 1 heterocycles. The second kappa shape index (κ2) is 7.38. The number of nitrogens with one attached hydrogen (secondary N) is 1. The Bertz CT molecular complexity index is 688. The van der Waals surface area contributed by atoms with E-state index in [1.54, 1.807) is 18.2 Å². The molecule has 1 aromatic rings. The average molecular weight is 342 g/mol. The monoisotopic (exact) mass is 342 g/mol. The molecule has 0 spiro atoms. The van der Waals surface area contributed by atoms with Gasteiger partial charge in [0, 0.05) is 17.6 Å². The van der Waals surface area contributed by atoms with E-state index in [-0.39, 0.29) is 29.8 Å². The number of rotatable bonds is 5. The Morgan fingerprint density at radius 3 is 2.36 bits per heavy atom. The van der Waals surface area contributed by atoms with E-state index in [1.807, 2.05) is 13.8 Å². The summed E-state index contributed by atoms with van der Waals surface area (Å²) in [6.07, 6.45) is 6.77. The zero-order valence-electron chi connectivity index (χ0n) is 15.0. The Kier molecular flexibility index (Phi) is 5.21. The van der Waals surface area contributed by atoms with E-state index >= 15 is 0 Å². The topological polar surface area (TPSA) is 66.5 Å². The first kappa shape index (κ1) is 17.6. The van der Waals surface area contributed by atoms with E-state index in [0.29, 0.717) is 16.7 Å². The van der Waals surface area contributed by atoms with Gasteiger partial charge in [0.2, 0.25) is 0 Å². The van der Waals surface area contributed by atoms with Crippen LogP contribution in [0.2, 0.25) is 0 Å². The smallest absolute Gasteiger partial charge is 0.261 e. The number of fused-ring (bicyclic) bond motifs is 1. The minimum Gasteiger partial charge on any atom is -0.349 e. The van der Waals surface area contributed by atoms with Crippen molar-refractivity contribution in [1.29, 1.82) is 0 Å². The van der Waals surface area contributed by atoms with Crippen LogP contribution < -0.4 is 5.32 Å². The molecule has 0 radical (unpaired) electrons. The van der Waals surface area contributed by atoms with E-state index < -0.39 is 0 Å². The summed E-state index contributed by atoms with van der Waals surface area (Å²) in [6.45, 7) is 4.06. The second-order valence-corrected chi connectivity index (χ2v) is 7.02. The van der Waals surface area contributed by atoms with Crippen molar-refractivity contribution in [1.82, 2.24) is 10.2 Å². The fraction of sp³-hybridized carbons (Fsp3) is 0.550. The summed E-state index contributed by atoms with van der Waals surface area (Å²) in [4.78, 5) is 39.3. The predicted octanol–water partition coefficient (Wildman–Crippen LogP) is 3.53. The van der Waals surface area contributed by atoms with Gasteiger partial charge in [0.1, 0.15) is 0 Å². The quantitative estimate of drug-likeness (QED) is 0.832. The SMILES string of the molecule is CCC(CC)NC(=O)c1ccc2c(c1)C(=O)N(C1CCCCC1)C2=O. The molecule has 1 aliphatic heterocycles. The number of hydrogen-bond donors (Lipinski definition) is 1. The van der Waals surface area contributed by atoms with Gasteiger partial charge in [0.25, 0.3) is 17.7 Å². The van der Waals surface area contributed by atoms with Crippen LogP contribution >= 0.6 is 0 Å². The number of amides is 3. The number of nitrogens with zero attached hydrogens (tertiary/aromatic N) is 1. The highest BCUT2D eigenvalue weighted by molar-refractivity contribution is 6.22. The summed E-state index contributed by atoms with van der Waals surface area (Å²) in [5.41, 5.74) is 1.24. The molecule has 25 heavy (non-hydrogen) atoms. The van der Waals surface area contributed by atoms with Crippen LogP contribution in [-0.2, 0) is 0 Å². The number of carbonyl (C=O) groups excluding carboxylic acids is 3. The molecular formula is C20H26N2O3. The van der Waals surface area contributed by atoms with Crippen molar-refractivity contribution in [3.05, 3.63) is 34.9 Å². The molecule has 0 atom stereocenters. The first-order valence-corrected chi connectivity index (χ1v) is 9.39. The highest BCUT2D eigenvalue weighted by atomic mass is 16.2. The van der Waals surface area contributed by atoms with Crippen molar-refractivity contribution in [3.63, 3.8) is 0 Å². The summed E-state index contributed by atoms with van der Waals surface area (Å²) < 4.78 is 0. The molecule has 0 bridgehead atoms. The zero-order chi connectivity index (χ0) is 18.0. The minimum atomic E-state index is -0.246. The van der Waals surface area contributed by atoms with Crippen LogP contribution in [0.1, 0.15) is 89.9 Å². The van der Waals surface area contributed by atoms with Gasteiger partial charge in [0.15, 0.2) is 0 Å². The lowest BCUT2D eigenvalue weighted by Gasteiger charge is -2.29. The summed E-state index contributed by atoms with van der Waals surface area (Å²) >= 11 is 0. The van der Waals surface area contributed by atoms with Crippen LogP contribution in [0.4, 0.5) is 0 Å². The lowest BCUT2D eigenvalue weighted by Crippen LogP contribution is -2.40. The van der Waals surface area contributed by atoms with Gasteiger partial charge in [-0.3, -0.25) is 19.3 Å². The van der Waals surface area contributed by atoms with Crippen LogP contribution in [0, 0.1) is 0 Å². The maximum absolute atomic E-state index is 12.8. The number of carbonyl (C=O) groups is 3. The molecule has 1 N–H and O–H groups in total. The molecule has 2 aliphatic rings. The summed E-state index contributed by atoms with van der Waals surface area (Å²) in [6, 6.07) is 4.97. The van der Waals surface area contributed by atoms with Crippen LogP contribution in [0.3, 0.4) is 0 Å². The van der Waals surface area contributed by atoms with Crippen LogP contribution in [0.25, 0.3) is 0 Å². The number of imide groups is 1. The molecule has 0 unspecified atom stereocenters. The Labute approximate surface area is 148 Å². The maximum atomic E-state index is 12.8. The van der Waals surface area contributed by atoms with E-state index in [2.05, 4.69) is 5.32 Å². The Balaban J connectivity index is 1.82. The summed E-state index contributed by atoms with van der Waals surface area (Å²) in [7, 11) is 0. The maximum Gasteiger partial charge on any atom is 0.261 e. The fourth-order valence-corrected chi connectivity index (χ4v) is 3.83. The summed E-state index contributed by atoms with van der Waals surface area (Å²) in [5.74, 6) is -0.643. The molecule has 3 rings (SSSR count). The third-order valence-electron chi connectivity index (χ3n) is 5.44. The standard InChI is InChI=1S/C20H26N2O3/c1-3-14(4-2)21-18(23)13-10-11-16-17(12-13)20(25)22(19(16)24)15-8-6-5-7-9-15/h10-12,14-15H,3-9H2,1-2H3,(H,21,23). The van der Waals surface area contributed by atoms with Crippen LogP contribution in [-0.4, -0.2) is 34.7 Å². The predicted molar refractivity (Wildman–Crippen MR) is 95.7 cm³/mol. The van der Waals surface area contributed by atoms with Crippen molar-refractivity contribution in [2.75, 3.05) is 0 Å². The van der Waals surface area contributed by atoms with Gasteiger partial charge in [-0.2, -0.15) is 0 Å². The highest BCUT2D eigenvalue weighted by Crippen LogP contribution is 2.31. The minimum absolute atomic E-state index is 0.00277. The van der Waals surface area contributed by atoms with E-state index in [4.69, 9.17) is 0 Å². The van der Waals surface area contributed by atoms with Gasteiger partial charge in [-0.25, -0.2) is 0 Å². The van der Waals surface area contributed by atoms with Crippen molar-refractivity contribution in [2.45, 2.75) is 70.9 Å². The molecule has 134 valence electrons. The van der Waals surface area contributed by atoms with E-state index in [0.717, 1.165) is 38.5 Å². The number of hydrogen-bond acceptors (Lipinski definition) is 3. The molecule has 1 fully saturated rings. The molecular weight excluding hydrogens is 316 g/mol. The van der Waals surface area contributed by atoms with Gasteiger partial charge >= 0.3 is 0 Å². The lowest BCUT2D eigenvalue weighted by atomic mass is 9.94. The Morgan fingerprint density at radius 1 is 1.08 bits per heavy atom. The number of benzene rings is 1. The first-order chi connectivity index (χ1) is 12.1. The van der Waals surface area contributed by atoms with Crippen LogP contribution in [0.15, 0.2) is 18.2 Å². The summed E-state index contributed by atoms with van der Waals surface area (Å²) in [5, 5.41) is 2.98. The van der Waals surface area contributed by atoms with Gasteiger partial charge in [-0.1, -0.05) is 33.1 Å². The second-order valence-electron chi connectivity index (χ2n) is 7.02. The normalized spacial score (nSPS) is 18.0. The average Bonchev–Trinajstić information content (AvgIpc) is 2.90. The van der Waals surface area contributed by atoms with E-state index in [9.17, 15) is 14.4 Å². The van der Waals surface area contributed by atoms with Gasteiger partial charge in [0.05, 0.1) is 11.1 Å². The van der Waals surface area contributed by atoms with Gasteiger partial charge in [-0.15, -0.1) is 0 Å². The Morgan fingerprint density at radius 2 is 1.72 bits per heavy atom. The third kappa shape index (κ3) is 3.32. The van der Waals surface area contributed by atoms with E-state index in [1.165, 1.54) is 11.3 Å². The van der Waals surface area contributed by atoms with Crippen molar-refractivity contribution in [2.24, 2.45) is 0 Å². The molecule has 5 heteroatoms. The van der Waals surface area contributed by atoms with Gasteiger partial charge in [-0.05, 0) is 43.9 Å². The van der Waals surface area contributed by atoms with Crippen molar-refractivity contribution >= 4 is 17.7 Å². The highest BCUT2D eigenvalue weighted by Gasteiger charge is 2.40. The zero-order valence-corrected chi connectivity index (χ0v) is 15.0. The molecule has 0 aromatic heterocycles. The largest absolute Gasteiger partial charge is 0.349 e. The molecule has 0 saturated heterocycles. The molecule has 1 aliphatic carbocycles. The van der Waals surface area contributed by atoms with Gasteiger partial charge < -0.3 is 5.32 Å². The molecule has 1 saturated carbocycles. The van der Waals surface area contributed by atoms with Crippen molar-refractivity contribution in [3.8, 4) is 0 Å². The molecule has 5 nitrogen and oxygen atoms in total. The Hall–Kier alpha value is -2.17.